The summed E-state index contributed by atoms with van der Waals surface area (Å²) in [5.74, 6) is 0.454. The summed E-state index contributed by atoms with van der Waals surface area (Å²) in [4.78, 5) is 19.7. The minimum absolute atomic E-state index is 0.00904. The van der Waals surface area contributed by atoms with Crippen molar-refractivity contribution in [2.45, 2.75) is 19.8 Å². The summed E-state index contributed by atoms with van der Waals surface area (Å²) >= 11 is 5.92. The predicted octanol–water partition coefficient (Wildman–Crippen LogP) is 4.77. The lowest BCUT2D eigenvalue weighted by Crippen LogP contribution is -2.15. The summed E-state index contributed by atoms with van der Waals surface area (Å²) in [6.45, 7) is 4.18. The van der Waals surface area contributed by atoms with Crippen LogP contribution in [-0.2, 0) is 0 Å². The minimum Gasteiger partial charge on any atom is -0.494 e. The summed E-state index contributed by atoms with van der Waals surface area (Å²) in [5.41, 5.74) is 9.34. The molecule has 1 amide bonds. The van der Waals surface area contributed by atoms with Gasteiger partial charge in [0.2, 0.25) is 5.28 Å². The number of nitrogens with two attached hydrogens (primary N) is 1. The number of rotatable bonds is 6. The molecule has 0 saturated heterocycles. The highest BCUT2D eigenvalue weighted by atomic mass is 35.5. The zero-order chi connectivity index (χ0) is 20.3. The fourth-order valence-electron chi connectivity index (χ4n) is 2.96. The molecular weight excluding hydrogens is 376 g/mol. The Morgan fingerprint density at radius 3 is 2.50 bits per heavy atom. The average molecular weight is 397 g/mol. The summed E-state index contributed by atoms with van der Waals surface area (Å²) in [7, 11) is 1.61. The van der Waals surface area contributed by atoms with Gasteiger partial charge in [-0.1, -0.05) is 44.2 Å². The number of benzene rings is 2. The van der Waals surface area contributed by atoms with Gasteiger partial charge in [0.25, 0.3) is 5.91 Å². The summed E-state index contributed by atoms with van der Waals surface area (Å²) < 4.78 is 5.68. The fourth-order valence-corrected chi connectivity index (χ4v) is 3.09. The van der Waals surface area contributed by atoms with Crippen LogP contribution < -0.4 is 15.8 Å². The normalized spacial score (nSPS) is 10.8. The Morgan fingerprint density at radius 1 is 1.18 bits per heavy atom. The van der Waals surface area contributed by atoms with Crippen molar-refractivity contribution < 1.29 is 9.53 Å². The number of carbonyl (C=O) groups excluding carboxylic acids is 1. The molecule has 7 heteroatoms. The van der Waals surface area contributed by atoms with Crippen molar-refractivity contribution in [3.8, 4) is 16.9 Å². The maximum atomic E-state index is 11.8. The molecule has 3 rings (SSSR count). The molecule has 0 aliphatic rings. The van der Waals surface area contributed by atoms with Gasteiger partial charge >= 0.3 is 0 Å². The van der Waals surface area contributed by atoms with E-state index in [1.54, 1.807) is 7.11 Å². The zero-order valence-corrected chi connectivity index (χ0v) is 16.6. The predicted molar refractivity (Wildman–Crippen MR) is 111 cm³/mol. The van der Waals surface area contributed by atoms with Gasteiger partial charge in [-0.15, -0.1) is 0 Å². The van der Waals surface area contributed by atoms with Gasteiger partial charge in [0.05, 0.1) is 12.8 Å². The highest BCUT2D eigenvalue weighted by molar-refractivity contribution is 6.28. The van der Waals surface area contributed by atoms with Crippen LogP contribution in [0.4, 0.5) is 11.5 Å². The van der Waals surface area contributed by atoms with Crippen LogP contribution in [0.25, 0.3) is 11.1 Å². The van der Waals surface area contributed by atoms with Crippen molar-refractivity contribution in [3.63, 3.8) is 0 Å². The molecule has 0 radical (unpaired) electrons. The Labute approximate surface area is 168 Å². The van der Waals surface area contributed by atoms with Crippen LogP contribution in [0, 0.1) is 0 Å². The average Bonchev–Trinajstić information content (AvgIpc) is 2.67. The van der Waals surface area contributed by atoms with Gasteiger partial charge in [-0.3, -0.25) is 4.79 Å². The Kier molecular flexibility index (Phi) is 5.80. The highest BCUT2D eigenvalue weighted by Crippen LogP contribution is 2.40. The number of nitrogens with zero attached hydrogens (tertiary/aromatic N) is 2. The SMILES string of the molecule is COc1c(Nc2nc(Cl)ncc2C(N)=O)cc(-c2ccccc2)cc1C(C)C. The summed E-state index contributed by atoms with van der Waals surface area (Å²) in [5, 5.41) is 3.17. The molecule has 3 aromatic rings. The Balaban J connectivity index is 2.18. The third-order valence-electron chi connectivity index (χ3n) is 4.33. The van der Waals surface area contributed by atoms with Crippen molar-refractivity contribution in [1.82, 2.24) is 9.97 Å². The quantitative estimate of drug-likeness (QED) is 0.585. The zero-order valence-electron chi connectivity index (χ0n) is 15.9. The standard InChI is InChI=1S/C21H21ClN4O2/c1-12(2)15-9-14(13-7-5-4-6-8-13)10-17(18(15)28-3)25-20-16(19(23)27)11-24-21(22)26-20/h4-12H,1-3H3,(H2,23,27)(H,24,25,26). The van der Waals surface area contributed by atoms with Crippen molar-refractivity contribution in [1.29, 1.82) is 0 Å². The van der Waals surface area contributed by atoms with E-state index in [2.05, 4.69) is 35.2 Å². The lowest BCUT2D eigenvalue weighted by atomic mass is 9.95. The van der Waals surface area contributed by atoms with Gasteiger partial charge in [0.15, 0.2) is 0 Å². The number of halogens is 1. The smallest absolute Gasteiger partial charge is 0.254 e. The van der Waals surface area contributed by atoms with E-state index in [-0.39, 0.29) is 22.6 Å². The lowest BCUT2D eigenvalue weighted by Gasteiger charge is -2.20. The molecule has 144 valence electrons. The number of primary amides is 1. The van der Waals surface area contributed by atoms with Crippen LogP contribution in [0.1, 0.15) is 35.7 Å². The molecule has 0 aliphatic heterocycles. The maximum absolute atomic E-state index is 11.8. The van der Waals surface area contributed by atoms with Crippen LogP contribution in [0.15, 0.2) is 48.7 Å². The molecule has 0 fully saturated rings. The molecule has 0 atom stereocenters. The number of methoxy groups -OCH3 is 1. The lowest BCUT2D eigenvalue weighted by molar-refractivity contribution is 0.100. The fraction of sp³-hybridized carbons (Fsp3) is 0.190. The Hall–Kier alpha value is -3.12. The first kappa shape index (κ1) is 19.6. The van der Waals surface area contributed by atoms with E-state index in [0.717, 1.165) is 16.7 Å². The van der Waals surface area contributed by atoms with Crippen molar-refractivity contribution in [2.24, 2.45) is 5.73 Å². The molecule has 28 heavy (non-hydrogen) atoms. The van der Waals surface area contributed by atoms with Gasteiger partial charge < -0.3 is 15.8 Å². The van der Waals surface area contributed by atoms with Crippen LogP contribution in [-0.4, -0.2) is 23.0 Å². The van der Waals surface area contributed by atoms with Gasteiger partial charge in [-0.2, -0.15) is 4.98 Å². The first-order chi connectivity index (χ1) is 13.4. The number of amides is 1. The molecule has 0 bridgehead atoms. The molecule has 2 aromatic carbocycles. The monoisotopic (exact) mass is 396 g/mol. The van der Waals surface area contributed by atoms with Gasteiger partial charge in [0, 0.05) is 6.20 Å². The van der Waals surface area contributed by atoms with Crippen molar-refractivity contribution in [3.05, 3.63) is 65.1 Å². The minimum atomic E-state index is -0.651. The molecule has 0 aliphatic carbocycles. The molecule has 0 spiro atoms. The largest absolute Gasteiger partial charge is 0.494 e. The van der Waals surface area contributed by atoms with E-state index < -0.39 is 5.91 Å². The molecule has 0 unspecified atom stereocenters. The van der Waals surface area contributed by atoms with E-state index in [1.807, 2.05) is 36.4 Å². The number of hydrogen-bond donors (Lipinski definition) is 2. The van der Waals surface area contributed by atoms with Crippen molar-refractivity contribution in [2.75, 3.05) is 12.4 Å². The third-order valence-corrected chi connectivity index (χ3v) is 4.51. The summed E-state index contributed by atoms with van der Waals surface area (Å²) in [6.07, 6.45) is 1.30. The maximum Gasteiger partial charge on any atom is 0.254 e. The second-order valence-corrected chi connectivity index (χ2v) is 6.90. The number of aromatic nitrogens is 2. The van der Waals surface area contributed by atoms with Gasteiger partial charge in [-0.25, -0.2) is 4.98 Å². The number of carbonyl (C=O) groups is 1. The first-order valence-electron chi connectivity index (χ1n) is 8.77. The second kappa shape index (κ2) is 8.27. The molecule has 6 nitrogen and oxygen atoms in total. The van der Waals surface area contributed by atoms with E-state index in [1.165, 1.54) is 6.20 Å². The molecule has 1 heterocycles. The number of nitrogens with one attached hydrogen (secondary N) is 1. The van der Waals surface area contributed by atoms with E-state index in [0.29, 0.717) is 11.4 Å². The van der Waals surface area contributed by atoms with Gasteiger partial charge in [-0.05, 0) is 46.3 Å². The van der Waals surface area contributed by atoms with E-state index in [4.69, 9.17) is 22.1 Å². The third kappa shape index (κ3) is 4.07. The Bertz CT molecular complexity index is 1010. The van der Waals surface area contributed by atoms with Gasteiger partial charge in [0.1, 0.15) is 17.1 Å². The molecular formula is C21H21ClN4O2. The van der Waals surface area contributed by atoms with E-state index in [9.17, 15) is 4.79 Å². The molecule has 0 saturated carbocycles. The molecule has 3 N–H and O–H groups in total. The van der Waals surface area contributed by atoms with Crippen LogP contribution in [0.2, 0.25) is 5.28 Å². The first-order valence-corrected chi connectivity index (χ1v) is 9.15. The van der Waals surface area contributed by atoms with E-state index >= 15 is 0 Å². The number of hydrogen-bond acceptors (Lipinski definition) is 5. The topological polar surface area (TPSA) is 90.1 Å². The number of anilines is 2. The highest BCUT2D eigenvalue weighted by Gasteiger charge is 2.18. The summed E-state index contributed by atoms with van der Waals surface area (Å²) in [6, 6.07) is 14.1. The van der Waals surface area contributed by atoms with Crippen LogP contribution in [0.5, 0.6) is 5.75 Å². The Morgan fingerprint density at radius 2 is 1.89 bits per heavy atom. The second-order valence-electron chi connectivity index (χ2n) is 6.56. The van der Waals surface area contributed by atoms with Crippen LogP contribution in [0.3, 0.4) is 0 Å². The van der Waals surface area contributed by atoms with Crippen LogP contribution >= 0.6 is 11.6 Å². The molecule has 1 aromatic heterocycles. The number of ether oxygens (including phenoxy) is 1. The van der Waals surface area contributed by atoms with Crippen molar-refractivity contribution >= 4 is 29.0 Å².